The van der Waals surface area contributed by atoms with Crippen molar-refractivity contribution in [3.05, 3.63) is 35.9 Å². The van der Waals surface area contributed by atoms with E-state index in [1.54, 1.807) is 23.0 Å². The van der Waals surface area contributed by atoms with Gasteiger partial charge in [0, 0.05) is 0 Å². The molecule has 0 aliphatic rings. The van der Waals surface area contributed by atoms with Crippen LogP contribution in [0.4, 0.5) is 0 Å². The molecule has 0 saturated carbocycles. The fourth-order valence-electron chi connectivity index (χ4n) is 1.18. The molecule has 0 aliphatic heterocycles. The van der Waals surface area contributed by atoms with E-state index in [0.717, 1.165) is 5.52 Å². The van der Waals surface area contributed by atoms with E-state index in [9.17, 15) is 0 Å². The van der Waals surface area contributed by atoms with E-state index in [0.29, 0.717) is 11.3 Å². The second kappa shape index (κ2) is 2.62. The highest BCUT2D eigenvalue weighted by Gasteiger charge is 2.02. The first kappa shape index (κ1) is 7.33. The molecule has 0 spiro atoms. The quantitative estimate of drug-likeness (QED) is 0.591. The van der Waals surface area contributed by atoms with E-state index in [1.807, 2.05) is 12.1 Å². The van der Waals surface area contributed by atoms with Crippen LogP contribution in [-0.2, 0) is 0 Å². The Bertz CT molecular complexity index is 539. The third-order valence-electron chi connectivity index (χ3n) is 1.77. The van der Waals surface area contributed by atoms with Crippen LogP contribution in [0, 0.1) is 22.7 Å². The molecule has 0 N–H and O–H groups in total. The maximum atomic E-state index is 8.77. The predicted molar refractivity (Wildman–Crippen MR) is 44.6 cm³/mol. The first-order chi connectivity index (χ1) is 6.35. The summed E-state index contributed by atoms with van der Waals surface area (Å²) < 4.78 is 1.64. The molecule has 2 heterocycles. The lowest BCUT2D eigenvalue weighted by Gasteiger charge is -1.96. The van der Waals surface area contributed by atoms with Gasteiger partial charge in [-0.05, 0) is 12.1 Å². The van der Waals surface area contributed by atoms with Crippen molar-refractivity contribution in [2.75, 3.05) is 0 Å². The average molecular weight is 168 g/mol. The molecule has 0 unspecified atom stereocenters. The summed E-state index contributed by atoms with van der Waals surface area (Å²) in [6.07, 6.45) is 3.16. The van der Waals surface area contributed by atoms with Crippen molar-refractivity contribution >= 4 is 5.52 Å². The molecule has 2 aromatic rings. The topological polar surface area (TPSA) is 64.9 Å². The minimum Gasteiger partial charge on any atom is -0.290 e. The Morgan fingerprint density at radius 2 is 2.08 bits per heavy atom. The summed E-state index contributed by atoms with van der Waals surface area (Å²) in [7, 11) is 0. The number of nitriles is 2. The minimum atomic E-state index is 0.423. The summed E-state index contributed by atoms with van der Waals surface area (Å²) in [6, 6.07) is 7.22. The van der Waals surface area contributed by atoms with Crippen molar-refractivity contribution in [1.29, 1.82) is 10.5 Å². The molecule has 0 saturated heterocycles. The standard InChI is InChI=1S/C9H4N4/c10-3-7-1-8(4-11)13-6-12-5-9(13)2-7/h1-2,5-6H. The third-order valence-corrected chi connectivity index (χ3v) is 1.77. The molecule has 13 heavy (non-hydrogen) atoms. The summed E-state index contributed by atoms with van der Waals surface area (Å²) in [5.74, 6) is 0. The van der Waals surface area contributed by atoms with Crippen molar-refractivity contribution in [3.63, 3.8) is 0 Å². The van der Waals surface area contributed by atoms with Gasteiger partial charge in [0.05, 0.1) is 23.3 Å². The summed E-state index contributed by atoms with van der Waals surface area (Å²) in [6.45, 7) is 0. The lowest BCUT2D eigenvalue weighted by molar-refractivity contribution is 1.11. The first-order valence-corrected chi connectivity index (χ1v) is 3.61. The largest absolute Gasteiger partial charge is 0.290 e. The third kappa shape index (κ3) is 1.02. The summed E-state index contributed by atoms with van der Waals surface area (Å²) >= 11 is 0. The second-order valence-electron chi connectivity index (χ2n) is 2.54. The molecule has 2 aromatic heterocycles. The van der Waals surface area contributed by atoms with Gasteiger partial charge in [0.1, 0.15) is 18.1 Å². The fourth-order valence-corrected chi connectivity index (χ4v) is 1.18. The maximum absolute atomic E-state index is 8.77. The Kier molecular flexibility index (Phi) is 1.47. The van der Waals surface area contributed by atoms with E-state index in [-0.39, 0.29) is 0 Å². The summed E-state index contributed by atoms with van der Waals surface area (Å²) in [5.41, 5.74) is 1.66. The van der Waals surface area contributed by atoms with Crippen LogP contribution in [0.2, 0.25) is 0 Å². The van der Waals surface area contributed by atoms with Crippen LogP contribution >= 0.6 is 0 Å². The van der Waals surface area contributed by atoms with E-state index in [4.69, 9.17) is 10.5 Å². The van der Waals surface area contributed by atoms with Gasteiger partial charge in [-0.3, -0.25) is 4.40 Å². The number of hydrogen-bond donors (Lipinski definition) is 0. The summed E-state index contributed by atoms with van der Waals surface area (Å²) in [5, 5.41) is 17.4. The van der Waals surface area contributed by atoms with Crippen LogP contribution in [0.1, 0.15) is 11.3 Å². The zero-order chi connectivity index (χ0) is 9.26. The van der Waals surface area contributed by atoms with Crippen LogP contribution in [0.15, 0.2) is 24.7 Å². The maximum Gasteiger partial charge on any atom is 0.127 e. The Morgan fingerprint density at radius 3 is 2.77 bits per heavy atom. The van der Waals surface area contributed by atoms with Gasteiger partial charge in [-0.2, -0.15) is 10.5 Å². The van der Waals surface area contributed by atoms with Gasteiger partial charge < -0.3 is 0 Å². The van der Waals surface area contributed by atoms with Gasteiger partial charge in [0.25, 0.3) is 0 Å². The van der Waals surface area contributed by atoms with E-state index >= 15 is 0 Å². The SMILES string of the molecule is N#Cc1cc(C#N)n2cncc2c1. The lowest BCUT2D eigenvalue weighted by Crippen LogP contribution is -1.91. The molecule has 0 aliphatic carbocycles. The summed E-state index contributed by atoms with van der Waals surface area (Å²) in [4.78, 5) is 3.89. The zero-order valence-corrected chi connectivity index (χ0v) is 6.60. The Balaban J connectivity index is 2.89. The monoisotopic (exact) mass is 168 g/mol. The van der Waals surface area contributed by atoms with Crippen LogP contribution in [0.5, 0.6) is 0 Å². The highest BCUT2D eigenvalue weighted by Crippen LogP contribution is 2.09. The molecule has 0 radical (unpaired) electrons. The minimum absolute atomic E-state index is 0.423. The van der Waals surface area contributed by atoms with Gasteiger partial charge >= 0.3 is 0 Å². The molecule has 4 heteroatoms. The Hall–Kier alpha value is -2.33. The molecule has 0 aromatic carbocycles. The van der Waals surface area contributed by atoms with Gasteiger partial charge in [-0.1, -0.05) is 0 Å². The number of imidazole rings is 1. The van der Waals surface area contributed by atoms with Gasteiger partial charge in [0.2, 0.25) is 0 Å². The van der Waals surface area contributed by atoms with Gasteiger partial charge in [-0.15, -0.1) is 0 Å². The average Bonchev–Trinajstić information content (AvgIpc) is 2.63. The molecule has 2 rings (SSSR count). The van der Waals surface area contributed by atoms with Gasteiger partial charge in [-0.25, -0.2) is 4.98 Å². The molecular formula is C9H4N4. The highest BCUT2D eigenvalue weighted by molar-refractivity contribution is 5.54. The van der Waals surface area contributed by atoms with Crippen molar-refractivity contribution in [2.45, 2.75) is 0 Å². The number of fused-ring (bicyclic) bond motifs is 1. The van der Waals surface area contributed by atoms with E-state index < -0.39 is 0 Å². The first-order valence-electron chi connectivity index (χ1n) is 3.61. The van der Waals surface area contributed by atoms with Crippen molar-refractivity contribution in [3.8, 4) is 12.1 Å². The second-order valence-corrected chi connectivity index (χ2v) is 2.54. The van der Waals surface area contributed by atoms with Crippen molar-refractivity contribution in [1.82, 2.24) is 9.38 Å². The molecule has 4 nitrogen and oxygen atoms in total. The molecule has 0 amide bonds. The lowest BCUT2D eigenvalue weighted by atomic mass is 10.2. The predicted octanol–water partition coefficient (Wildman–Crippen LogP) is 1.08. The van der Waals surface area contributed by atoms with Crippen LogP contribution < -0.4 is 0 Å². The van der Waals surface area contributed by atoms with Crippen LogP contribution in [0.3, 0.4) is 0 Å². The normalized spacial score (nSPS) is 9.38. The number of hydrogen-bond acceptors (Lipinski definition) is 3. The zero-order valence-electron chi connectivity index (χ0n) is 6.60. The Morgan fingerprint density at radius 1 is 1.23 bits per heavy atom. The fraction of sp³-hybridized carbons (Fsp3) is 0. The van der Waals surface area contributed by atoms with Crippen molar-refractivity contribution < 1.29 is 0 Å². The molecular weight excluding hydrogens is 164 g/mol. The number of rotatable bonds is 0. The smallest absolute Gasteiger partial charge is 0.127 e. The molecule has 0 fully saturated rings. The molecule has 0 atom stereocenters. The number of pyridine rings is 1. The highest BCUT2D eigenvalue weighted by atomic mass is 15.0. The van der Waals surface area contributed by atoms with Crippen LogP contribution in [0.25, 0.3) is 5.52 Å². The van der Waals surface area contributed by atoms with Crippen LogP contribution in [-0.4, -0.2) is 9.38 Å². The van der Waals surface area contributed by atoms with E-state index in [1.165, 1.54) is 6.07 Å². The Labute approximate surface area is 74.3 Å². The van der Waals surface area contributed by atoms with E-state index in [2.05, 4.69) is 4.98 Å². The van der Waals surface area contributed by atoms with Gasteiger partial charge in [0.15, 0.2) is 0 Å². The molecule has 60 valence electrons. The molecule has 0 bridgehead atoms. The number of nitrogens with zero attached hydrogens (tertiary/aromatic N) is 4. The number of aromatic nitrogens is 2. The van der Waals surface area contributed by atoms with Crippen molar-refractivity contribution in [2.24, 2.45) is 0 Å².